The lowest BCUT2D eigenvalue weighted by molar-refractivity contribution is -0.138. The highest BCUT2D eigenvalue weighted by atomic mass is 19.4. The number of nitriles is 1. The van der Waals surface area contributed by atoms with Crippen LogP contribution in [0.2, 0.25) is 0 Å². The average molecular weight is 655 g/mol. The molecule has 9 nitrogen and oxygen atoms in total. The molecule has 2 aromatic carbocycles. The van der Waals surface area contributed by atoms with Crippen molar-refractivity contribution >= 4 is 17.5 Å². The van der Waals surface area contributed by atoms with E-state index in [-0.39, 0.29) is 29.4 Å². The Balaban J connectivity index is 1.29. The van der Waals surface area contributed by atoms with E-state index in [9.17, 15) is 23.2 Å². The van der Waals surface area contributed by atoms with E-state index < -0.39 is 17.6 Å². The number of benzene rings is 2. The molecule has 1 aliphatic carbocycles. The van der Waals surface area contributed by atoms with Crippen molar-refractivity contribution in [1.82, 2.24) is 24.6 Å². The van der Waals surface area contributed by atoms with Crippen molar-refractivity contribution in [3.05, 3.63) is 76.6 Å². The van der Waals surface area contributed by atoms with Crippen LogP contribution in [0.25, 0.3) is 22.5 Å². The van der Waals surface area contributed by atoms with Crippen LogP contribution in [-0.2, 0) is 26.3 Å². The number of fused-ring (bicyclic) bond motifs is 2. The van der Waals surface area contributed by atoms with Gasteiger partial charge in [-0.3, -0.25) is 14.6 Å². The molecule has 4 heterocycles. The molecule has 1 amide bonds. The molecule has 1 saturated heterocycles. The van der Waals surface area contributed by atoms with Crippen LogP contribution < -0.4 is 10.2 Å². The summed E-state index contributed by atoms with van der Waals surface area (Å²) in [6.07, 6.45) is 0.522. The van der Waals surface area contributed by atoms with Crippen molar-refractivity contribution in [3.63, 3.8) is 0 Å². The van der Waals surface area contributed by atoms with E-state index >= 15 is 0 Å². The zero-order valence-corrected chi connectivity index (χ0v) is 27.2. The van der Waals surface area contributed by atoms with Crippen molar-refractivity contribution in [1.29, 1.82) is 5.26 Å². The van der Waals surface area contributed by atoms with Gasteiger partial charge >= 0.3 is 6.18 Å². The van der Waals surface area contributed by atoms with Crippen molar-refractivity contribution in [3.8, 4) is 28.6 Å². The van der Waals surface area contributed by atoms with Gasteiger partial charge in [-0.05, 0) is 95.3 Å². The first kappa shape index (κ1) is 31.8. The number of halogens is 3. The Hall–Kier alpha value is -4.76. The van der Waals surface area contributed by atoms with Gasteiger partial charge in [0.2, 0.25) is 0 Å². The van der Waals surface area contributed by atoms with E-state index in [1.54, 1.807) is 41.2 Å². The zero-order chi connectivity index (χ0) is 33.7. The number of carbonyl (C=O) groups is 1. The zero-order valence-electron chi connectivity index (χ0n) is 27.2. The topological polar surface area (TPSA) is 103 Å². The first-order valence-corrected chi connectivity index (χ1v) is 16.4. The fraction of sp³-hybridized carbons (Fsp3) is 0.417. The van der Waals surface area contributed by atoms with Crippen LogP contribution in [0.4, 0.5) is 24.8 Å². The molecule has 7 rings (SSSR count). The van der Waals surface area contributed by atoms with E-state index in [0.29, 0.717) is 64.4 Å². The highest BCUT2D eigenvalue weighted by Crippen LogP contribution is 2.42. The summed E-state index contributed by atoms with van der Waals surface area (Å²) in [4.78, 5) is 22.4. The third kappa shape index (κ3) is 6.03. The molecular weight excluding hydrogens is 617 g/mol. The third-order valence-electron chi connectivity index (χ3n) is 9.81. The molecule has 0 spiro atoms. The number of rotatable bonds is 8. The smallest absolute Gasteiger partial charge is 0.370 e. The molecule has 0 unspecified atom stereocenters. The van der Waals surface area contributed by atoms with Gasteiger partial charge in [-0.15, -0.1) is 10.2 Å². The molecule has 2 aromatic heterocycles. The van der Waals surface area contributed by atoms with Gasteiger partial charge in [0.25, 0.3) is 5.91 Å². The van der Waals surface area contributed by atoms with E-state index in [0.717, 1.165) is 13.1 Å². The molecule has 0 bridgehead atoms. The second-order valence-electron chi connectivity index (χ2n) is 13.7. The molecule has 3 aliphatic rings. The lowest BCUT2D eigenvalue weighted by Gasteiger charge is -2.20. The number of likely N-dealkylation sites (tertiary alicyclic amines) is 1. The Morgan fingerprint density at radius 2 is 1.81 bits per heavy atom. The molecule has 1 saturated carbocycles. The number of hydrogen-bond donors (Lipinski definition) is 1. The summed E-state index contributed by atoms with van der Waals surface area (Å²) in [6, 6.07) is 13.8. The monoisotopic (exact) mass is 654 g/mol. The number of aryl methyl sites for hydroxylation is 1. The number of nitrogens with zero attached hydrogens (tertiary/aromatic N) is 7. The predicted molar refractivity (Wildman–Crippen MR) is 176 cm³/mol. The predicted octanol–water partition coefficient (Wildman–Crippen LogP) is 6.89. The number of amides is 1. The number of anilines is 2. The molecule has 2 atom stereocenters. The highest BCUT2D eigenvalue weighted by Gasteiger charge is 2.42. The number of hydrogen-bond acceptors (Lipinski definition) is 7. The molecule has 4 aromatic rings. The fourth-order valence-corrected chi connectivity index (χ4v) is 7.50. The Morgan fingerprint density at radius 1 is 1.04 bits per heavy atom. The van der Waals surface area contributed by atoms with Crippen LogP contribution in [0.3, 0.4) is 0 Å². The van der Waals surface area contributed by atoms with E-state index in [1.807, 2.05) is 27.0 Å². The molecule has 12 heteroatoms. The Kier molecular flexibility index (Phi) is 8.19. The largest absolute Gasteiger partial charge is 0.416 e. The Morgan fingerprint density at radius 3 is 2.48 bits per heavy atom. The average Bonchev–Trinajstić information content (AvgIpc) is 3.83. The minimum Gasteiger partial charge on any atom is -0.370 e. The van der Waals surface area contributed by atoms with Gasteiger partial charge in [0.15, 0.2) is 5.82 Å². The summed E-state index contributed by atoms with van der Waals surface area (Å²) in [5.74, 6) is 2.22. The van der Waals surface area contributed by atoms with Gasteiger partial charge in [-0.2, -0.15) is 18.4 Å². The Bertz CT molecular complexity index is 1920. The maximum absolute atomic E-state index is 14.6. The minimum atomic E-state index is -4.63. The minimum absolute atomic E-state index is 0.0373. The van der Waals surface area contributed by atoms with Gasteiger partial charge < -0.3 is 9.88 Å². The standard InChI is InChI=1S/C36H37F3N8O/c1-21(2)15-41-32-12-26(28-9-22(14-40)7-8-27(28)34-44-42-20-45(34)3)13-33(43-32)47-19-30-29(35(47)48)10-23(11-31(30)36(37,38)39)16-46-17-24-5-4-6-25(24)18-46/h7-13,20-21,24-25H,4-6,15-19H2,1-3H3,(H,41,43)/t24-,25+. The molecule has 2 fully saturated rings. The first-order chi connectivity index (χ1) is 23.0. The van der Waals surface area contributed by atoms with E-state index in [2.05, 4.69) is 26.5 Å². The van der Waals surface area contributed by atoms with Gasteiger partial charge in [0.1, 0.15) is 18.0 Å². The van der Waals surface area contributed by atoms with Crippen LogP contribution in [0, 0.1) is 29.1 Å². The lowest BCUT2D eigenvalue weighted by Crippen LogP contribution is -2.25. The van der Waals surface area contributed by atoms with E-state index in [1.165, 1.54) is 30.2 Å². The maximum Gasteiger partial charge on any atom is 0.416 e. The van der Waals surface area contributed by atoms with Crippen LogP contribution in [0.1, 0.15) is 65.7 Å². The number of nitrogens with one attached hydrogen (secondary N) is 1. The quantitative estimate of drug-likeness (QED) is 0.221. The van der Waals surface area contributed by atoms with Crippen molar-refractivity contribution in [2.45, 2.75) is 52.4 Å². The summed E-state index contributed by atoms with van der Waals surface area (Å²) in [5, 5.41) is 21.3. The lowest BCUT2D eigenvalue weighted by atomic mass is 9.97. The summed E-state index contributed by atoms with van der Waals surface area (Å²) in [6.45, 7) is 6.57. The number of aromatic nitrogens is 4. The summed E-state index contributed by atoms with van der Waals surface area (Å²) in [5.41, 5.74) is 2.15. The molecule has 1 N–H and O–H groups in total. The third-order valence-corrected chi connectivity index (χ3v) is 9.81. The fourth-order valence-electron chi connectivity index (χ4n) is 7.50. The normalized spacial score (nSPS) is 19.2. The second-order valence-corrected chi connectivity index (χ2v) is 13.7. The van der Waals surface area contributed by atoms with E-state index in [4.69, 9.17) is 4.98 Å². The highest BCUT2D eigenvalue weighted by molar-refractivity contribution is 6.10. The summed E-state index contributed by atoms with van der Waals surface area (Å²) >= 11 is 0. The maximum atomic E-state index is 14.6. The SMILES string of the molecule is CC(C)CNc1cc(-c2cc(C#N)ccc2-c2nncn2C)cc(N2Cc3c(cc(CN4C[C@H]5CCC[C@H]5C4)cc3C(F)(F)F)C2=O)n1. The molecule has 248 valence electrons. The molecule has 0 radical (unpaired) electrons. The molecule has 2 aliphatic heterocycles. The summed E-state index contributed by atoms with van der Waals surface area (Å²) in [7, 11) is 1.81. The second kappa shape index (κ2) is 12.4. The summed E-state index contributed by atoms with van der Waals surface area (Å²) < 4.78 is 45.5. The number of carbonyl (C=O) groups excluding carboxylic acids is 1. The van der Waals surface area contributed by atoms with Crippen molar-refractivity contribution in [2.75, 3.05) is 29.9 Å². The van der Waals surface area contributed by atoms with Crippen molar-refractivity contribution in [2.24, 2.45) is 24.8 Å². The first-order valence-electron chi connectivity index (χ1n) is 16.4. The van der Waals surface area contributed by atoms with Gasteiger partial charge in [0.05, 0.1) is 23.7 Å². The number of alkyl halides is 3. The van der Waals surface area contributed by atoms with Gasteiger partial charge in [0, 0.05) is 44.4 Å². The molecular formula is C36H37F3N8O. The van der Waals surface area contributed by atoms with Crippen LogP contribution in [-0.4, -0.2) is 50.2 Å². The van der Waals surface area contributed by atoms with Crippen LogP contribution in [0.5, 0.6) is 0 Å². The molecule has 48 heavy (non-hydrogen) atoms. The van der Waals surface area contributed by atoms with Gasteiger partial charge in [-0.1, -0.05) is 20.3 Å². The van der Waals surface area contributed by atoms with Crippen LogP contribution in [0.15, 0.2) is 48.8 Å². The van der Waals surface area contributed by atoms with Crippen LogP contribution >= 0.6 is 0 Å². The van der Waals surface area contributed by atoms with Gasteiger partial charge in [-0.25, -0.2) is 4.98 Å². The number of pyridine rings is 1. The Labute approximate surface area is 277 Å². The van der Waals surface area contributed by atoms with Crippen molar-refractivity contribution < 1.29 is 18.0 Å².